The minimum absolute atomic E-state index is 0.0860. The number of amides is 1. The van der Waals surface area contributed by atoms with Crippen molar-refractivity contribution in [2.45, 2.75) is 32.5 Å². The minimum atomic E-state index is 0.0860. The van der Waals surface area contributed by atoms with Crippen LogP contribution in [0.4, 0.5) is 0 Å². The van der Waals surface area contributed by atoms with Crippen molar-refractivity contribution in [3.05, 3.63) is 29.8 Å². The van der Waals surface area contributed by atoms with E-state index in [-0.39, 0.29) is 18.5 Å². The number of rotatable bonds is 5. The Morgan fingerprint density at radius 1 is 1.45 bits per heavy atom. The molecule has 1 fully saturated rings. The Balaban J connectivity index is 1.57. The van der Waals surface area contributed by atoms with E-state index in [1.165, 1.54) is 0 Å². The van der Waals surface area contributed by atoms with Crippen molar-refractivity contribution in [1.29, 1.82) is 0 Å². The fourth-order valence-corrected chi connectivity index (χ4v) is 2.68. The van der Waals surface area contributed by atoms with Crippen molar-refractivity contribution in [2.75, 3.05) is 20.2 Å². The Bertz CT molecular complexity index is 649. The highest BCUT2D eigenvalue weighted by atomic mass is 16.5. The van der Waals surface area contributed by atoms with Crippen LogP contribution in [-0.4, -0.2) is 55.8 Å². The number of nitrogens with zero attached hydrogens (tertiary/aromatic N) is 6. The fraction of sp³-hybridized carbons (Fsp3) is 0.571. The zero-order valence-corrected chi connectivity index (χ0v) is 12.8. The van der Waals surface area contributed by atoms with E-state index in [0.29, 0.717) is 13.2 Å². The molecule has 2 aromatic heterocycles. The van der Waals surface area contributed by atoms with Gasteiger partial charge in [0.05, 0.1) is 25.0 Å². The van der Waals surface area contributed by atoms with Crippen LogP contribution in [0.5, 0.6) is 0 Å². The van der Waals surface area contributed by atoms with Crippen molar-refractivity contribution in [2.24, 2.45) is 0 Å². The maximum atomic E-state index is 12.3. The summed E-state index contributed by atoms with van der Waals surface area (Å²) >= 11 is 0. The van der Waals surface area contributed by atoms with E-state index >= 15 is 0 Å². The average Bonchev–Trinajstić information content (AvgIpc) is 3.19. The molecule has 8 heteroatoms. The summed E-state index contributed by atoms with van der Waals surface area (Å²) in [6, 6.07) is 0.182. The molecule has 1 aliphatic rings. The monoisotopic (exact) mass is 304 g/mol. The van der Waals surface area contributed by atoms with Gasteiger partial charge in [-0.25, -0.2) is 4.68 Å². The maximum absolute atomic E-state index is 12.3. The molecular weight excluding hydrogens is 284 g/mol. The van der Waals surface area contributed by atoms with Crippen molar-refractivity contribution in [3.8, 4) is 0 Å². The van der Waals surface area contributed by atoms with Gasteiger partial charge in [0.2, 0.25) is 5.91 Å². The summed E-state index contributed by atoms with van der Waals surface area (Å²) in [5.74, 6) is 0.0860. The molecule has 0 aliphatic carbocycles. The molecule has 2 aromatic rings. The molecule has 0 radical (unpaired) electrons. The molecule has 22 heavy (non-hydrogen) atoms. The summed E-state index contributed by atoms with van der Waals surface area (Å²) in [7, 11) is 1.63. The van der Waals surface area contributed by atoms with Crippen LogP contribution in [0, 0.1) is 6.92 Å². The van der Waals surface area contributed by atoms with Gasteiger partial charge >= 0.3 is 0 Å². The van der Waals surface area contributed by atoms with Crippen molar-refractivity contribution >= 4 is 5.91 Å². The number of carbonyl (C=O) groups is 1. The molecule has 1 atom stereocenters. The number of likely N-dealkylation sites (tertiary alicyclic amines) is 1. The van der Waals surface area contributed by atoms with Crippen molar-refractivity contribution < 1.29 is 9.53 Å². The Labute approximate surface area is 128 Å². The van der Waals surface area contributed by atoms with Crippen molar-refractivity contribution in [1.82, 2.24) is 29.7 Å². The molecule has 1 amide bonds. The first-order valence-corrected chi connectivity index (χ1v) is 7.32. The van der Waals surface area contributed by atoms with Crippen LogP contribution < -0.4 is 0 Å². The predicted molar refractivity (Wildman–Crippen MR) is 77.9 cm³/mol. The largest absolute Gasteiger partial charge is 0.378 e. The average molecular weight is 304 g/mol. The third kappa shape index (κ3) is 3.16. The first-order chi connectivity index (χ1) is 10.7. The van der Waals surface area contributed by atoms with Crippen LogP contribution in [0.15, 0.2) is 18.6 Å². The van der Waals surface area contributed by atoms with E-state index in [1.807, 2.05) is 28.9 Å². The molecule has 1 saturated heterocycles. The summed E-state index contributed by atoms with van der Waals surface area (Å²) in [5, 5.41) is 12.3. The molecule has 3 heterocycles. The number of hydrogen-bond acceptors (Lipinski definition) is 5. The summed E-state index contributed by atoms with van der Waals surface area (Å²) in [6.45, 7) is 4.10. The molecule has 118 valence electrons. The van der Waals surface area contributed by atoms with E-state index in [4.69, 9.17) is 4.74 Å². The first-order valence-electron chi connectivity index (χ1n) is 7.32. The Morgan fingerprint density at radius 3 is 3.05 bits per heavy atom. The molecule has 1 unspecified atom stereocenters. The Kier molecular flexibility index (Phi) is 4.19. The Hall–Kier alpha value is -2.22. The number of carbonyl (C=O) groups excluding carboxylic acids is 1. The van der Waals surface area contributed by atoms with Gasteiger partial charge in [0.15, 0.2) is 0 Å². The molecular formula is C14H20N6O2. The topological polar surface area (TPSA) is 78.1 Å². The standard InChI is InChI=1S/C14H20N6O2/c1-11-5-15-19(6-11)9-14(21)18-4-3-13(8-18)20-7-12(10-22-2)16-17-20/h5-7,13H,3-4,8-10H2,1-2H3. The lowest BCUT2D eigenvalue weighted by molar-refractivity contribution is -0.131. The van der Waals surface area contributed by atoms with Gasteiger partial charge in [0.1, 0.15) is 12.2 Å². The smallest absolute Gasteiger partial charge is 0.244 e. The molecule has 8 nitrogen and oxygen atoms in total. The fourth-order valence-electron chi connectivity index (χ4n) is 2.68. The second-order valence-electron chi connectivity index (χ2n) is 5.62. The summed E-state index contributed by atoms with van der Waals surface area (Å²) in [5.41, 5.74) is 1.86. The van der Waals surface area contributed by atoms with Gasteiger partial charge in [0.25, 0.3) is 0 Å². The van der Waals surface area contributed by atoms with Crippen molar-refractivity contribution in [3.63, 3.8) is 0 Å². The van der Waals surface area contributed by atoms with Gasteiger partial charge in [-0.1, -0.05) is 5.21 Å². The summed E-state index contributed by atoms with van der Waals surface area (Å²) in [6.07, 6.45) is 6.41. The van der Waals surface area contributed by atoms with Gasteiger partial charge in [-0.15, -0.1) is 5.10 Å². The SMILES string of the molecule is COCc1cn(C2CCN(C(=O)Cn3cc(C)cn3)C2)nn1. The van der Waals surface area contributed by atoms with E-state index in [9.17, 15) is 4.79 Å². The highest BCUT2D eigenvalue weighted by Crippen LogP contribution is 2.21. The van der Waals surface area contributed by atoms with Gasteiger partial charge in [-0.3, -0.25) is 9.48 Å². The van der Waals surface area contributed by atoms with Crippen LogP contribution in [0.1, 0.15) is 23.7 Å². The maximum Gasteiger partial charge on any atom is 0.244 e. The van der Waals surface area contributed by atoms with Crippen LogP contribution >= 0.6 is 0 Å². The first kappa shape index (κ1) is 14.7. The quantitative estimate of drug-likeness (QED) is 0.799. The second-order valence-corrected chi connectivity index (χ2v) is 5.62. The third-order valence-electron chi connectivity index (χ3n) is 3.80. The number of aromatic nitrogens is 5. The molecule has 0 spiro atoms. The van der Waals surface area contributed by atoms with E-state index < -0.39 is 0 Å². The van der Waals surface area contributed by atoms with Gasteiger partial charge < -0.3 is 9.64 Å². The van der Waals surface area contributed by atoms with Gasteiger partial charge in [-0.2, -0.15) is 5.10 Å². The lowest BCUT2D eigenvalue weighted by atomic mass is 10.3. The highest BCUT2D eigenvalue weighted by Gasteiger charge is 2.28. The summed E-state index contributed by atoms with van der Waals surface area (Å²) < 4.78 is 8.55. The second kappa shape index (κ2) is 6.27. The lowest BCUT2D eigenvalue weighted by Crippen LogP contribution is -2.32. The minimum Gasteiger partial charge on any atom is -0.378 e. The lowest BCUT2D eigenvalue weighted by Gasteiger charge is -2.16. The summed E-state index contributed by atoms with van der Waals surface area (Å²) in [4.78, 5) is 14.2. The number of methoxy groups -OCH3 is 1. The molecule has 1 aliphatic heterocycles. The molecule has 0 saturated carbocycles. The van der Waals surface area contributed by atoms with Crippen LogP contribution in [-0.2, 0) is 22.7 Å². The van der Waals surface area contributed by atoms with E-state index in [2.05, 4.69) is 15.4 Å². The highest BCUT2D eigenvalue weighted by molar-refractivity contribution is 5.76. The van der Waals surface area contributed by atoms with Gasteiger partial charge in [0, 0.05) is 26.4 Å². The number of aryl methyl sites for hydroxylation is 1. The van der Waals surface area contributed by atoms with E-state index in [0.717, 1.165) is 24.2 Å². The van der Waals surface area contributed by atoms with Gasteiger partial charge in [-0.05, 0) is 18.9 Å². The number of hydrogen-bond donors (Lipinski definition) is 0. The number of ether oxygens (including phenoxy) is 1. The zero-order valence-electron chi connectivity index (χ0n) is 12.8. The predicted octanol–water partition coefficient (Wildman–Crippen LogP) is 0.403. The van der Waals surface area contributed by atoms with Crippen LogP contribution in [0.2, 0.25) is 0 Å². The Morgan fingerprint density at radius 2 is 2.32 bits per heavy atom. The zero-order chi connectivity index (χ0) is 15.5. The molecule has 0 bridgehead atoms. The van der Waals surface area contributed by atoms with Crippen LogP contribution in [0.25, 0.3) is 0 Å². The third-order valence-corrected chi connectivity index (χ3v) is 3.80. The van der Waals surface area contributed by atoms with Crippen LogP contribution in [0.3, 0.4) is 0 Å². The van der Waals surface area contributed by atoms with E-state index in [1.54, 1.807) is 18.0 Å². The molecule has 0 aromatic carbocycles. The molecule has 3 rings (SSSR count). The molecule has 0 N–H and O–H groups in total. The normalized spacial score (nSPS) is 18.1.